The van der Waals surface area contributed by atoms with Crippen LogP contribution >= 0.6 is 0 Å². The minimum Gasteiger partial charge on any atom is -0.480 e. The van der Waals surface area contributed by atoms with Crippen molar-refractivity contribution in [3.8, 4) is 11.9 Å². The average Bonchev–Trinajstić information content (AvgIpc) is 3.18. The van der Waals surface area contributed by atoms with E-state index in [-0.39, 0.29) is 11.3 Å². The molecule has 0 radical (unpaired) electrons. The fourth-order valence-electron chi connectivity index (χ4n) is 5.10. The van der Waals surface area contributed by atoms with Gasteiger partial charge in [-0.1, -0.05) is 13.3 Å². The molecule has 2 aromatic heterocycles. The van der Waals surface area contributed by atoms with Gasteiger partial charge in [-0.2, -0.15) is 5.26 Å². The number of amides is 1. The molecule has 33 heavy (non-hydrogen) atoms. The maximum Gasteiger partial charge on any atom is 0.411 e. The van der Waals surface area contributed by atoms with Crippen molar-refractivity contribution in [1.82, 2.24) is 14.5 Å². The van der Waals surface area contributed by atoms with Gasteiger partial charge in [0.25, 0.3) is 0 Å². The highest BCUT2D eigenvalue weighted by Crippen LogP contribution is 2.42. The van der Waals surface area contributed by atoms with Crippen LogP contribution in [0.2, 0.25) is 0 Å². The van der Waals surface area contributed by atoms with E-state index in [0.717, 1.165) is 49.0 Å². The van der Waals surface area contributed by atoms with Crippen LogP contribution in [0.3, 0.4) is 0 Å². The quantitative estimate of drug-likeness (QED) is 0.570. The molecule has 8 heteroatoms. The summed E-state index contributed by atoms with van der Waals surface area (Å²) in [5.41, 5.74) is 3.71. The summed E-state index contributed by atoms with van der Waals surface area (Å²) in [5, 5.41) is 19.2. The van der Waals surface area contributed by atoms with E-state index in [9.17, 15) is 15.2 Å². The van der Waals surface area contributed by atoms with Crippen molar-refractivity contribution in [2.45, 2.75) is 46.1 Å². The van der Waals surface area contributed by atoms with Crippen molar-refractivity contribution in [3.05, 3.63) is 47.9 Å². The number of hydrogen-bond acceptors (Lipinski definition) is 5. The highest BCUT2D eigenvalue weighted by Gasteiger charge is 2.35. The van der Waals surface area contributed by atoms with Crippen LogP contribution in [0.4, 0.5) is 10.5 Å². The third-order valence-corrected chi connectivity index (χ3v) is 6.61. The molecule has 1 aliphatic rings. The fourth-order valence-corrected chi connectivity index (χ4v) is 5.10. The van der Waals surface area contributed by atoms with E-state index in [2.05, 4.69) is 27.5 Å². The summed E-state index contributed by atoms with van der Waals surface area (Å²) in [6.45, 7) is 5.29. The number of carboxylic acid groups (broad SMARTS) is 1. The van der Waals surface area contributed by atoms with Gasteiger partial charge in [-0.15, -0.1) is 0 Å². The highest BCUT2D eigenvalue weighted by atomic mass is 16.5. The van der Waals surface area contributed by atoms with Gasteiger partial charge in [-0.3, -0.25) is 4.90 Å². The predicted molar refractivity (Wildman–Crippen MR) is 125 cm³/mol. The lowest BCUT2D eigenvalue weighted by Crippen LogP contribution is -2.39. The summed E-state index contributed by atoms with van der Waals surface area (Å²) >= 11 is 0. The van der Waals surface area contributed by atoms with Gasteiger partial charge in [0.15, 0.2) is 0 Å². The van der Waals surface area contributed by atoms with Crippen LogP contribution in [0, 0.1) is 29.6 Å². The second-order valence-corrected chi connectivity index (χ2v) is 9.34. The summed E-state index contributed by atoms with van der Waals surface area (Å²) in [6, 6.07) is 11.3. The number of methoxy groups -OCH3 is 1. The summed E-state index contributed by atoms with van der Waals surface area (Å²) in [5.74, 6) is 0.546. The zero-order valence-electron chi connectivity index (χ0n) is 19.3. The highest BCUT2D eigenvalue weighted by molar-refractivity contribution is 5.87. The Balaban J connectivity index is 1.54. The molecule has 1 unspecified atom stereocenters. The first-order chi connectivity index (χ1) is 15.8. The summed E-state index contributed by atoms with van der Waals surface area (Å²) < 4.78 is 7.49. The molecule has 0 spiro atoms. The minimum absolute atomic E-state index is 0.00101. The number of benzene rings is 1. The number of pyridine rings is 1. The van der Waals surface area contributed by atoms with Crippen LogP contribution in [0.15, 0.2) is 36.7 Å². The van der Waals surface area contributed by atoms with E-state index in [0.29, 0.717) is 23.7 Å². The number of rotatable bonds is 6. The van der Waals surface area contributed by atoms with E-state index >= 15 is 0 Å². The molecule has 1 amide bonds. The van der Waals surface area contributed by atoms with Crippen molar-refractivity contribution in [2.24, 2.45) is 11.3 Å². The molecular weight excluding hydrogens is 418 g/mol. The molecule has 8 nitrogen and oxygen atoms in total. The fraction of sp³-hybridized carbons (Fsp3) is 0.440. The van der Waals surface area contributed by atoms with Crippen molar-refractivity contribution in [2.75, 3.05) is 18.6 Å². The van der Waals surface area contributed by atoms with Gasteiger partial charge in [0.1, 0.15) is 5.69 Å². The predicted octanol–water partition coefficient (Wildman–Crippen LogP) is 5.00. The van der Waals surface area contributed by atoms with Crippen molar-refractivity contribution in [3.63, 3.8) is 0 Å². The third kappa shape index (κ3) is 4.77. The third-order valence-electron chi connectivity index (χ3n) is 6.61. The number of aryl methyl sites for hydroxylation is 1. The Morgan fingerprint density at radius 2 is 2.21 bits per heavy atom. The largest absolute Gasteiger partial charge is 0.480 e. The number of aromatic nitrogens is 3. The first-order valence-electron chi connectivity index (χ1n) is 11.2. The minimum atomic E-state index is -1.00. The zero-order chi connectivity index (χ0) is 23.6. The Morgan fingerprint density at radius 3 is 2.94 bits per heavy atom. The molecule has 3 aromatic rings. The lowest BCUT2D eigenvalue weighted by Gasteiger charge is -2.40. The van der Waals surface area contributed by atoms with E-state index in [1.807, 2.05) is 25.4 Å². The Labute approximate surface area is 193 Å². The van der Waals surface area contributed by atoms with Crippen LogP contribution in [0.25, 0.3) is 11.0 Å². The molecule has 2 atom stereocenters. The van der Waals surface area contributed by atoms with Gasteiger partial charge < -0.3 is 14.4 Å². The van der Waals surface area contributed by atoms with Crippen molar-refractivity contribution >= 4 is 22.8 Å². The smallest absolute Gasteiger partial charge is 0.411 e. The number of fused-ring (bicyclic) bond motifs is 1. The van der Waals surface area contributed by atoms with E-state index in [1.165, 1.54) is 12.0 Å². The van der Waals surface area contributed by atoms with Crippen LogP contribution in [-0.2, 0) is 6.54 Å². The van der Waals surface area contributed by atoms with E-state index in [1.54, 1.807) is 18.2 Å². The Hall–Kier alpha value is -3.60. The van der Waals surface area contributed by atoms with Crippen LogP contribution in [-0.4, -0.2) is 39.4 Å². The number of carbonyl (C=O) groups is 1. The molecule has 0 saturated heterocycles. The Kier molecular flexibility index (Phi) is 6.23. The summed E-state index contributed by atoms with van der Waals surface area (Å²) in [6.07, 6.45) is 4.81. The normalized spacial score (nSPS) is 20.4. The van der Waals surface area contributed by atoms with E-state index < -0.39 is 6.09 Å². The van der Waals surface area contributed by atoms with Crippen LogP contribution < -0.4 is 9.64 Å². The monoisotopic (exact) mass is 447 g/mol. The van der Waals surface area contributed by atoms with Crippen molar-refractivity contribution in [1.29, 1.82) is 5.26 Å². The van der Waals surface area contributed by atoms with Gasteiger partial charge in [0.05, 0.1) is 36.1 Å². The Bertz CT molecular complexity index is 1210. The molecule has 4 rings (SSSR count). The number of nitriles is 1. The molecule has 172 valence electrons. The first-order valence-corrected chi connectivity index (χ1v) is 11.2. The Morgan fingerprint density at radius 1 is 1.39 bits per heavy atom. The first kappa shape index (κ1) is 22.6. The zero-order valence-corrected chi connectivity index (χ0v) is 19.3. The van der Waals surface area contributed by atoms with Gasteiger partial charge in [0.2, 0.25) is 5.88 Å². The van der Waals surface area contributed by atoms with Gasteiger partial charge in [0, 0.05) is 18.8 Å². The van der Waals surface area contributed by atoms with Crippen molar-refractivity contribution < 1.29 is 14.6 Å². The molecule has 1 aliphatic carbocycles. The molecule has 0 aliphatic heterocycles. The lowest BCUT2D eigenvalue weighted by molar-refractivity contribution is 0.136. The molecule has 0 bridgehead atoms. The van der Waals surface area contributed by atoms with Gasteiger partial charge in [-0.25, -0.2) is 14.8 Å². The number of nitrogens with zero attached hydrogens (tertiary/aromatic N) is 5. The second kappa shape index (κ2) is 9.10. The molecular formula is C25H29N5O3. The number of hydrogen-bond donors (Lipinski definition) is 1. The SMILES string of the molecule is COc1nc(C)ccc1N(CC1CCC[C@](C)(Cn2cnc3ccc(C#N)cc32)C1)C(=O)O. The van der Waals surface area contributed by atoms with Crippen LogP contribution in [0.1, 0.15) is 43.9 Å². The van der Waals surface area contributed by atoms with Crippen LogP contribution in [0.5, 0.6) is 5.88 Å². The second-order valence-electron chi connectivity index (χ2n) is 9.34. The molecule has 1 saturated carbocycles. The number of anilines is 1. The lowest BCUT2D eigenvalue weighted by atomic mass is 9.70. The number of imidazole rings is 1. The topological polar surface area (TPSA) is 104 Å². The van der Waals surface area contributed by atoms with E-state index in [4.69, 9.17) is 4.74 Å². The van der Waals surface area contributed by atoms with Gasteiger partial charge in [-0.05, 0) is 67.9 Å². The average molecular weight is 448 g/mol. The maximum atomic E-state index is 12.2. The van der Waals surface area contributed by atoms with Gasteiger partial charge >= 0.3 is 6.09 Å². The summed E-state index contributed by atoms with van der Waals surface area (Å²) in [7, 11) is 1.51. The maximum absolute atomic E-state index is 12.2. The molecule has 1 fully saturated rings. The molecule has 2 heterocycles. The number of ether oxygens (including phenoxy) is 1. The summed E-state index contributed by atoms with van der Waals surface area (Å²) in [4.78, 5) is 22.4. The standard InChI is InChI=1S/C25H29N5O3/c1-17-6-9-21(23(28-17)33-3)30(24(31)32)14-19-5-4-10-25(2,12-19)15-29-16-27-20-8-7-18(13-26)11-22(20)29/h6-9,11,16,19H,4-5,10,12,14-15H2,1-3H3,(H,31,32)/t19?,25-/m0/s1. The molecule has 1 aromatic carbocycles. The molecule has 1 N–H and O–H groups in total.